The van der Waals surface area contributed by atoms with Crippen molar-refractivity contribution in [3.8, 4) is 0 Å². The highest BCUT2D eigenvalue weighted by Gasteiger charge is 2.21. The van der Waals surface area contributed by atoms with Gasteiger partial charge in [-0.1, -0.05) is 18.6 Å². The summed E-state index contributed by atoms with van der Waals surface area (Å²) in [6.45, 7) is 6.86. The summed E-state index contributed by atoms with van der Waals surface area (Å²) in [7, 11) is 4.01. The van der Waals surface area contributed by atoms with Crippen LogP contribution in [0.2, 0.25) is 0 Å². The summed E-state index contributed by atoms with van der Waals surface area (Å²) in [5, 5.41) is 0.927. The Morgan fingerprint density at radius 3 is 2.67 bits per heavy atom. The summed E-state index contributed by atoms with van der Waals surface area (Å²) in [6, 6.07) is 7.57. The number of rotatable bonds is 5. The molecule has 0 aliphatic heterocycles. The highest BCUT2D eigenvalue weighted by atomic mass is 16.6. The highest BCUT2D eigenvalue weighted by molar-refractivity contribution is 5.92. The molecule has 0 spiro atoms. The Morgan fingerprint density at radius 2 is 2.00 bits per heavy atom. The maximum absolute atomic E-state index is 12.2. The van der Waals surface area contributed by atoms with Crippen molar-refractivity contribution < 1.29 is 13.9 Å². The minimum Gasteiger partial charge on any atom is -0.456 e. The standard InChI is InChI=1S/C17H23NO3/c1-11-6-7-15-14(8-11)9-16(21-15)17(19)20-13(3)12(2)10-18(4)5/h6-9,12-13H,10H2,1-5H3. The smallest absolute Gasteiger partial charge is 0.374 e. The summed E-state index contributed by atoms with van der Waals surface area (Å²) in [4.78, 5) is 14.3. The molecule has 2 unspecified atom stereocenters. The van der Waals surface area contributed by atoms with Crippen LogP contribution >= 0.6 is 0 Å². The number of benzene rings is 1. The second-order valence-corrected chi connectivity index (χ2v) is 6.00. The molecular formula is C17H23NO3. The fraction of sp³-hybridized carbons (Fsp3) is 0.471. The van der Waals surface area contributed by atoms with Gasteiger partial charge in [-0.05, 0) is 46.1 Å². The van der Waals surface area contributed by atoms with Gasteiger partial charge in [0, 0.05) is 17.8 Å². The van der Waals surface area contributed by atoms with Gasteiger partial charge in [0.15, 0.2) is 0 Å². The van der Waals surface area contributed by atoms with E-state index in [0.717, 1.165) is 17.5 Å². The Labute approximate surface area is 125 Å². The van der Waals surface area contributed by atoms with Crippen LogP contribution < -0.4 is 0 Å². The Balaban J connectivity index is 2.08. The molecule has 0 amide bonds. The van der Waals surface area contributed by atoms with E-state index in [4.69, 9.17) is 9.15 Å². The number of carbonyl (C=O) groups is 1. The van der Waals surface area contributed by atoms with Crippen LogP contribution in [0.25, 0.3) is 11.0 Å². The lowest BCUT2D eigenvalue weighted by atomic mass is 10.1. The van der Waals surface area contributed by atoms with Crippen LogP contribution in [0.3, 0.4) is 0 Å². The second-order valence-electron chi connectivity index (χ2n) is 6.00. The van der Waals surface area contributed by atoms with Gasteiger partial charge in [0.1, 0.15) is 11.7 Å². The monoisotopic (exact) mass is 289 g/mol. The van der Waals surface area contributed by atoms with Gasteiger partial charge in [-0.3, -0.25) is 0 Å². The van der Waals surface area contributed by atoms with Crippen molar-refractivity contribution in [1.29, 1.82) is 0 Å². The molecule has 0 saturated heterocycles. The zero-order valence-corrected chi connectivity index (χ0v) is 13.3. The van der Waals surface area contributed by atoms with Crippen molar-refractivity contribution in [2.75, 3.05) is 20.6 Å². The Morgan fingerprint density at radius 1 is 1.29 bits per heavy atom. The van der Waals surface area contributed by atoms with E-state index >= 15 is 0 Å². The minimum atomic E-state index is -0.401. The Kier molecular flexibility index (Phi) is 4.68. The van der Waals surface area contributed by atoms with Crippen molar-refractivity contribution in [2.24, 2.45) is 5.92 Å². The highest BCUT2D eigenvalue weighted by Crippen LogP contribution is 2.22. The molecule has 1 aromatic carbocycles. The summed E-state index contributed by atoms with van der Waals surface area (Å²) >= 11 is 0. The maximum atomic E-state index is 12.2. The van der Waals surface area contributed by atoms with Crippen molar-refractivity contribution in [3.63, 3.8) is 0 Å². The molecular weight excluding hydrogens is 266 g/mol. The third-order valence-electron chi connectivity index (χ3n) is 3.62. The van der Waals surface area contributed by atoms with Gasteiger partial charge in [-0.2, -0.15) is 0 Å². The summed E-state index contributed by atoms with van der Waals surface area (Å²) in [6.07, 6.45) is -0.158. The van der Waals surface area contributed by atoms with Crippen molar-refractivity contribution in [2.45, 2.75) is 26.9 Å². The Hall–Kier alpha value is -1.81. The van der Waals surface area contributed by atoms with E-state index < -0.39 is 5.97 Å². The topological polar surface area (TPSA) is 42.7 Å². The van der Waals surface area contributed by atoms with Gasteiger partial charge in [-0.15, -0.1) is 0 Å². The van der Waals surface area contributed by atoms with E-state index in [-0.39, 0.29) is 17.8 Å². The van der Waals surface area contributed by atoms with E-state index in [1.54, 1.807) is 6.07 Å². The van der Waals surface area contributed by atoms with E-state index in [1.807, 2.05) is 46.1 Å². The Bertz CT molecular complexity index is 630. The predicted molar refractivity (Wildman–Crippen MR) is 83.5 cm³/mol. The molecule has 114 valence electrons. The van der Waals surface area contributed by atoms with Crippen LogP contribution in [0.5, 0.6) is 0 Å². The van der Waals surface area contributed by atoms with E-state index in [2.05, 4.69) is 11.8 Å². The number of ether oxygens (including phenoxy) is 1. The molecule has 21 heavy (non-hydrogen) atoms. The fourth-order valence-corrected chi connectivity index (χ4v) is 2.33. The lowest BCUT2D eigenvalue weighted by Gasteiger charge is -2.22. The van der Waals surface area contributed by atoms with Crippen LogP contribution in [0.1, 0.15) is 30.0 Å². The van der Waals surface area contributed by atoms with Gasteiger partial charge < -0.3 is 14.1 Å². The molecule has 2 rings (SSSR count). The van der Waals surface area contributed by atoms with Gasteiger partial charge in [0.2, 0.25) is 5.76 Å². The summed E-state index contributed by atoms with van der Waals surface area (Å²) in [5.41, 5.74) is 1.85. The van der Waals surface area contributed by atoms with Crippen LogP contribution in [0, 0.1) is 12.8 Å². The van der Waals surface area contributed by atoms with Crippen LogP contribution in [0.4, 0.5) is 0 Å². The first-order valence-electron chi connectivity index (χ1n) is 7.22. The second kappa shape index (κ2) is 6.31. The molecule has 0 saturated carbocycles. The predicted octanol–water partition coefficient (Wildman–Crippen LogP) is 3.48. The van der Waals surface area contributed by atoms with Gasteiger partial charge in [-0.25, -0.2) is 4.79 Å². The molecule has 0 fully saturated rings. The van der Waals surface area contributed by atoms with Gasteiger partial charge in [0.25, 0.3) is 0 Å². The number of carbonyl (C=O) groups excluding carboxylic acids is 1. The fourth-order valence-electron chi connectivity index (χ4n) is 2.33. The molecule has 4 heteroatoms. The quantitative estimate of drug-likeness (QED) is 0.790. The molecule has 0 radical (unpaired) electrons. The SMILES string of the molecule is Cc1ccc2oc(C(=O)OC(C)C(C)CN(C)C)cc2c1. The van der Waals surface area contributed by atoms with Crippen molar-refractivity contribution >= 4 is 16.9 Å². The van der Waals surface area contributed by atoms with Gasteiger partial charge in [0.05, 0.1) is 0 Å². The average molecular weight is 289 g/mol. The lowest BCUT2D eigenvalue weighted by Crippen LogP contribution is -2.30. The number of esters is 1. The summed E-state index contributed by atoms with van der Waals surface area (Å²) in [5.74, 6) is 0.122. The van der Waals surface area contributed by atoms with Crippen LogP contribution in [0.15, 0.2) is 28.7 Å². The first-order chi connectivity index (χ1) is 9.86. The lowest BCUT2D eigenvalue weighted by molar-refractivity contribution is 0.0156. The first-order valence-corrected chi connectivity index (χ1v) is 7.22. The number of furan rings is 1. The van der Waals surface area contributed by atoms with Crippen LogP contribution in [-0.4, -0.2) is 37.6 Å². The molecule has 0 bridgehead atoms. The number of aryl methyl sites for hydroxylation is 1. The molecule has 0 aliphatic carbocycles. The maximum Gasteiger partial charge on any atom is 0.374 e. The molecule has 1 aromatic heterocycles. The normalized spacial score (nSPS) is 14.4. The number of fused-ring (bicyclic) bond motifs is 1. The first kappa shape index (κ1) is 15.6. The van der Waals surface area contributed by atoms with Gasteiger partial charge >= 0.3 is 5.97 Å². The molecule has 2 aromatic rings. The van der Waals surface area contributed by atoms with E-state index in [0.29, 0.717) is 5.58 Å². The van der Waals surface area contributed by atoms with Crippen molar-refractivity contribution in [1.82, 2.24) is 4.90 Å². The zero-order valence-electron chi connectivity index (χ0n) is 13.3. The van der Waals surface area contributed by atoms with Crippen molar-refractivity contribution in [3.05, 3.63) is 35.6 Å². The number of hydrogen-bond donors (Lipinski definition) is 0. The van der Waals surface area contributed by atoms with Crippen LogP contribution in [-0.2, 0) is 4.74 Å². The third-order valence-corrected chi connectivity index (χ3v) is 3.62. The third kappa shape index (κ3) is 3.85. The number of nitrogens with zero attached hydrogens (tertiary/aromatic N) is 1. The summed E-state index contributed by atoms with van der Waals surface area (Å²) < 4.78 is 11.1. The molecule has 2 atom stereocenters. The molecule has 0 aliphatic rings. The molecule has 1 heterocycles. The number of hydrogen-bond acceptors (Lipinski definition) is 4. The molecule has 4 nitrogen and oxygen atoms in total. The zero-order chi connectivity index (χ0) is 15.6. The largest absolute Gasteiger partial charge is 0.456 e. The molecule has 0 N–H and O–H groups in total. The average Bonchev–Trinajstić information content (AvgIpc) is 2.80. The van der Waals surface area contributed by atoms with E-state index in [9.17, 15) is 4.79 Å². The minimum absolute atomic E-state index is 0.158. The van der Waals surface area contributed by atoms with E-state index in [1.165, 1.54) is 0 Å².